The van der Waals surface area contributed by atoms with Gasteiger partial charge in [-0.25, -0.2) is 0 Å². The number of rotatable bonds is 3. The van der Waals surface area contributed by atoms with E-state index in [4.69, 9.17) is 11.6 Å². The quantitative estimate of drug-likeness (QED) is 0.732. The second-order valence-electron chi connectivity index (χ2n) is 3.75. The monoisotopic (exact) mass is 328 g/mol. The number of benzene rings is 1. The Kier molecular flexibility index (Phi) is 4.02. The molecule has 0 aliphatic carbocycles. The molecule has 2 rings (SSSR count). The van der Waals surface area contributed by atoms with E-state index in [2.05, 4.69) is 15.9 Å². The van der Waals surface area contributed by atoms with E-state index in [0.29, 0.717) is 11.4 Å². The van der Waals surface area contributed by atoms with Gasteiger partial charge in [0.05, 0.1) is 3.79 Å². The first-order valence-corrected chi connectivity index (χ1v) is 7.08. The lowest BCUT2D eigenvalue weighted by atomic mass is 10.0. The minimum Gasteiger partial charge on any atom is -0.294 e. The predicted molar refractivity (Wildman–Crippen MR) is 76.2 cm³/mol. The van der Waals surface area contributed by atoms with Gasteiger partial charge in [0.15, 0.2) is 5.78 Å². The molecule has 0 unspecified atom stereocenters. The van der Waals surface area contributed by atoms with Crippen LogP contribution in [0.25, 0.3) is 0 Å². The molecule has 0 N–H and O–H groups in total. The Labute approximate surface area is 118 Å². The van der Waals surface area contributed by atoms with E-state index in [9.17, 15) is 4.79 Å². The van der Waals surface area contributed by atoms with Gasteiger partial charge in [-0.1, -0.05) is 23.7 Å². The fourth-order valence-corrected chi connectivity index (χ4v) is 3.44. The highest BCUT2D eigenvalue weighted by atomic mass is 79.9. The molecule has 17 heavy (non-hydrogen) atoms. The van der Waals surface area contributed by atoms with Gasteiger partial charge in [-0.05, 0) is 46.6 Å². The number of ketones is 1. The SMILES string of the molecule is Cc1sc(Br)cc1C(=O)Cc1ccc(Cl)cc1. The number of aryl methyl sites for hydroxylation is 1. The van der Waals surface area contributed by atoms with Crippen LogP contribution in [-0.4, -0.2) is 5.78 Å². The minimum atomic E-state index is 0.145. The maximum absolute atomic E-state index is 12.1. The minimum absolute atomic E-state index is 0.145. The predicted octanol–water partition coefficient (Wildman–Crippen LogP) is 4.90. The molecule has 1 aromatic heterocycles. The largest absolute Gasteiger partial charge is 0.294 e. The Morgan fingerprint density at radius 3 is 2.53 bits per heavy atom. The molecule has 1 heterocycles. The van der Waals surface area contributed by atoms with Crippen LogP contribution in [0.5, 0.6) is 0 Å². The van der Waals surface area contributed by atoms with Gasteiger partial charge < -0.3 is 0 Å². The zero-order valence-corrected chi connectivity index (χ0v) is 12.3. The Balaban J connectivity index is 2.17. The van der Waals surface area contributed by atoms with Gasteiger partial charge in [0, 0.05) is 21.9 Å². The average molecular weight is 330 g/mol. The van der Waals surface area contributed by atoms with Crippen molar-refractivity contribution in [3.63, 3.8) is 0 Å². The summed E-state index contributed by atoms with van der Waals surface area (Å²) in [5.74, 6) is 0.145. The lowest BCUT2D eigenvalue weighted by Gasteiger charge is -2.01. The molecule has 0 fully saturated rings. The summed E-state index contributed by atoms with van der Waals surface area (Å²) in [6.45, 7) is 1.96. The van der Waals surface area contributed by atoms with E-state index in [1.165, 1.54) is 0 Å². The van der Waals surface area contributed by atoms with Crippen molar-refractivity contribution in [2.24, 2.45) is 0 Å². The molecule has 1 aromatic carbocycles. The first-order valence-electron chi connectivity index (χ1n) is 5.10. The second-order valence-corrected chi connectivity index (χ2v) is 6.82. The van der Waals surface area contributed by atoms with Crippen LogP contribution in [-0.2, 0) is 6.42 Å². The molecule has 4 heteroatoms. The van der Waals surface area contributed by atoms with E-state index >= 15 is 0 Å². The third-order valence-corrected chi connectivity index (χ3v) is 4.27. The molecule has 2 aromatic rings. The van der Waals surface area contributed by atoms with Gasteiger partial charge in [0.25, 0.3) is 0 Å². The molecule has 0 aliphatic rings. The lowest BCUT2D eigenvalue weighted by Crippen LogP contribution is -2.03. The van der Waals surface area contributed by atoms with Crippen molar-refractivity contribution in [1.29, 1.82) is 0 Å². The molecular weight excluding hydrogens is 320 g/mol. The number of carbonyl (C=O) groups excluding carboxylic acids is 1. The number of thiophene rings is 1. The number of halogens is 2. The fraction of sp³-hybridized carbons (Fsp3) is 0.154. The summed E-state index contributed by atoms with van der Waals surface area (Å²) in [4.78, 5) is 13.1. The van der Waals surface area contributed by atoms with Crippen LogP contribution < -0.4 is 0 Å². The molecule has 0 atom stereocenters. The van der Waals surface area contributed by atoms with Gasteiger partial charge in [0.2, 0.25) is 0 Å². The number of hydrogen-bond acceptors (Lipinski definition) is 2. The summed E-state index contributed by atoms with van der Waals surface area (Å²) in [5.41, 5.74) is 1.79. The van der Waals surface area contributed by atoms with Crippen LogP contribution in [0.1, 0.15) is 20.8 Å². The molecule has 0 saturated carbocycles. The second kappa shape index (κ2) is 5.34. The maximum Gasteiger partial charge on any atom is 0.168 e. The lowest BCUT2D eigenvalue weighted by molar-refractivity contribution is 0.0993. The third-order valence-electron chi connectivity index (χ3n) is 2.47. The Hall–Kier alpha value is -0.640. The summed E-state index contributed by atoms with van der Waals surface area (Å²) in [6, 6.07) is 9.27. The molecule has 1 nitrogen and oxygen atoms in total. The molecule has 0 saturated heterocycles. The van der Waals surface area contributed by atoms with Gasteiger partial charge in [0.1, 0.15) is 0 Å². The molecule has 0 bridgehead atoms. The highest BCUT2D eigenvalue weighted by Crippen LogP contribution is 2.27. The van der Waals surface area contributed by atoms with Crippen molar-refractivity contribution in [2.45, 2.75) is 13.3 Å². The molecule has 0 spiro atoms. The molecule has 88 valence electrons. The first kappa shape index (κ1) is 12.8. The topological polar surface area (TPSA) is 17.1 Å². The number of hydrogen-bond donors (Lipinski definition) is 0. The normalized spacial score (nSPS) is 10.5. The van der Waals surface area contributed by atoms with E-state index in [0.717, 1.165) is 19.8 Å². The maximum atomic E-state index is 12.1. The molecule has 0 radical (unpaired) electrons. The van der Waals surface area contributed by atoms with Crippen LogP contribution in [0, 0.1) is 6.92 Å². The summed E-state index contributed by atoms with van der Waals surface area (Å²) in [5, 5.41) is 0.690. The number of Topliss-reactive ketones (excluding diaryl/α,β-unsaturated/α-hetero) is 1. The Bertz CT molecular complexity index is 545. The van der Waals surface area contributed by atoms with Crippen molar-refractivity contribution in [3.05, 3.63) is 55.1 Å². The van der Waals surface area contributed by atoms with E-state index in [1.54, 1.807) is 23.5 Å². The van der Waals surface area contributed by atoms with Crippen LogP contribution in [0.3, 0.4) is 0 Å². The van der Waals surface area contributed by atoms with Crippen molar-refractivity contribution in [3.8, 4) is 0 Å². The Morgan fingerprint density at radius 2 is 2.00 bits per heavy atom. The van der Waals surface area contributed by atoms with E-state index < -0.39 is 0 Å². The first-order chi connectivity index (χ1) is 8.06. The number of carbonyl (C=O) groups is 1. The van der Waals surface area contributed by atoms with Gasteiger partial charge in [-0.2, -0.15) is 0 Å². The zero-order chi connectivity index (χ0) is 12.4. The Morgan fingerprint density at radius 1 is 1.35 bits per heavy atom. The standard InChI is InChI=1S/C13H10BrClOS/c1-8-11(7-13(14)17-8)12(16)6-9-2-4-10(15)5-3-9/h2-5,7H,6H2,1H3. The van der Waals surface area contributed by atoms with Crippen LogP contribution in [0.2, 0.25) is 5.02 Å². The summed E-state index contributed by atoms with van der Waals surface area (Å²) >= 11 is 10.8. The highest BCUT2D eigenvalue weighted by Gasteiger charge is 2.12. The summed E-state index contributed by atoms with van der Waals surface area (Å²) in [6.07, 6.45) is 0.418. The zero-order valence-electron chi connectivity index (χ0n) is 9.17. The van der Waals surface area contributed by atoms with Crippen molar-refractivity contribution >= 4 is 44.7 Å². The van der Waals surface area contributed by atoms with E-state index in [-0.39, 0.29) is 5.78 Å². The molecule has 0 amide bonds. The summed E-state index contributed by atoms with van der Waals surface area (Å²) in [7, 11) is 0. The average Bonchev–Trinajstić information content (AvgIpc) is 2.61. The van der Waals surface area contributed by atoms with Gasteiger partial charge >= 0.3 is 0 Å². The van der Waals surface area contributed by atoms with E-state index in [1.807, 2.05) is 25.1 Å². The fourth-order valence-electron chi connectivity index (χ4n) is 1.61. The molecule has 0 aliphatic heterocycles. The van der Waals surface area contributed by atoms with Crippen molar-refractivity contribution in [1.82, 2.24) is 0 Å². The van der Waals surface area contributed by atoms with Crippen LogP contribution in [0.15, 0.2) is 34.1 Å². The van der Waals surface area contributed by atoms with Crippen LogP contribution >= 0.6 is 38.9 Å². The summed E-state index contributed by atoms with van der Waals surface area (Å²) < 4.78 is 0.995. The van der Waals surface area contributed by atoms with Gasteiger partial charge in [-0.3, -0.25) is 4.79 Å². The van der Waals surface area contributed by atoms with Crippen LogP contribution in [0.4, 0.5) is 0 Å². The van der Waals surface area contributed by atoms with Gasteiger partial charge in [-0.15, -0.1) is 11.3 Å². The van der Waals surface area contributed by atoms with Crippen molar-refractivity contribution in [2.75, 3.05) is 0 Å². The molecular formula is C13H10BrClOS. The smallest absolute Gasteiger partial charge is 0.168 e. The van der Waals surface area contributed by atoms with Crippen molar-refractivity contribution < 1.29 is 4.79 Å². The highest BCUT2D eigenvalue weighted by molar-refractivity contribution is 9.11. The third kappa shape index (κ3) is 3.18.